The van der Waals surface area contributed by atoms with E-state index in [9.17, 15) is 4.79 Å². The van der Waals surface area contributed by atoms with E-state index in [2.05, 4.69) is 15.3 Å². The van der Waals surface area contributed by atoms with E-state index < -0.39 is 5.97 Å². The van der Waals surface area contributed by atoms with Gasteiger partial charge >= 0.3 is 5.97 Å². The molecule has 0 aliphatic carbocycles. The quantitative estimate of drug-likeness (QED) is 0.886. The summed E-state index contributed by atoms with van der Waals surface area (Å²) >= 11 is 6.00. The smallest absolute Gasteiger partial charge is 0.356 e. The number of carboxylic acid groups (broad SMARTS) is 1. The van der Waals surface area contributed by atoms with Gasteiger partial charge < -0.3 is 10.4 Å². The van der Waals surface area contributed by atoms with Crippen LogP contribution in [0.2, 0.25) is 5.02 Å². The molecule has 1 heterocycles. The van der Waals surface area contributed by atoms with E-state index in [-0.39, 0.29) is 5.69 Å². The van der Waals surface area contributed by atoms with Crippen molar-refractivity contribution in [2.45, 2.75) is 6.54 Å². The zero-order valence-corrected chi connectivity index (χ0v) is 10.1. The molecule has 6 heteroatoms. The van der Waals surface area contributed by atoms with E-state index in [1.54, 1.807) is 6.07 Å². The van der Waals surface area contributed by atoms with Gasteiger partial charge in [-0.15, -0.1) is 0 Å². The summed E-state index contributed by atoms with van der Waals surface area (Å²) in [5, 5.41) is 12.4. The standard InChI is InChI=1S/C12H10ClN3O2/c13-9-4-2-1-3-8(9)5-15-11-7-14-6-10(16-11)12(17)18/h1-4,6-7H,5H2,(H,15,16)(H,17,18). The molecule has 0 bridgehead atoms. The van der Waals surface area contributed by atoms with Crippen LogP contribution in [0.15, 0.2) is 36.7 Å². The van der Waals surface area contributed by atoms with Gasteiger partial charge in [-0.3, -0.25) is 4.98 Å². The Hall–Kier alpha value is -2.14. The van der Waals surface area contributed by atoms with E-state index in [1.165, 1.54) is 12.4 Å². The first-order valence-electron chi connectivity index (χ1n) is 5.19. The summed E-state index contributed by atoms with van der Waals surface area (Å²) in [6, 6.07) is 7.39. The maximum Gasteiger partial charge on any atom is 0.356 e. The molecule has 0 saturated carbocycles. The monoisotopic (exact) mass is 263 g/mol. The average Bonchev–Trinajstić information content (AvgIpc) is 2.38. The Bertz CT molecular complexity index is 575. The SMILES string of the molecule is O=C(O)c1cncc(NCc2ccccc2Cl)n1. The van der Waals surface area contributed by atoms with Crippen molar-refractivity contribution in [3.05, 3.63) is 52.9 Å². The van der Waals surface area contributed by atoms with Crippen molar-refractivity contribution in [3.8, 4) is 0 Å². The number of carboxylic acids is 1. The maximum absolute atomic E-state index is 10.7. The molecule has 0 unspecified atom stereocenters. The van der Waals surface area contributed by atoms with Crippen LogP contribution in [0.25, 0.3) is 0 Å². The van der Waals surface area contributed by atoms with Crippen molar-refractivity contribution in [1.82, 2.24) is 9.97 Å². The third-order valence-corrected chi connectivity index (χ3v) is 2.64. The molecule has 0 radical (unpaired) electrons. The van der Waals surface area contributed by atoms with Crippen LogP contribution in [0.5, 0.6) is 0 Å². The van der Waals surface area contributed by atoms with Gasteiger partial charge in [-0.2, -0.15) is 0 Å². The van der Waals surface area contributed by atoms with Gasteiger partial charge in [-0.05, 0) is 11.6 Å². The highest BCUT2D eigenvalue weighted by Crippen LogP contribution is 2.16. The molecule has 92 valence electrons. The van der Waals surface area contributed by atoms with Gasteiger partial charge in [0.05, 0.1) is 12.4 Å². The molecular formula is C12H10ClN3O2. The largest absolute Gasteiger partial charge is 0.476 e. The Morgan fingerprint density at radius 3 is 2.83 bits per heavy atom. The van der Waals surface area contributed by atoms with Gasteiger partial charge in [0, 0.05) is 11.6 Å². The highest BCUT2D eigenvalue weighted by Gasteiger charge is 2.06. The summed E-state index contributed by atoms with van der Waals surface area (Å²) in [5.41, 5.74) is 0.806. The van der Waals surface area contributed by atoms with Crippen LogP contribution < -0.4 is 5.32 Å². The van der Waals surface area contributed by atoms with Crippen LogP contribution >= 0.6 is 11.6 Å². The number of benzene rings is 1. The molecule has 2 N–H and O–H groups in total. The molecule has 0 saturated heterocycles. The van der Waals surface area contributed by atoms with Crippen LogP contribution in [0, 0.1) is 0 Å². The third-order valence-electron chi connectivity index (χ3n) is 2.27. The van der Waals surface area contributed by atoms with Crippen molar-refractivity contribution in [1.29, 1.82) is 0 Å². The number of hydrogen-bond acceptors (Lipinski definition) is 4. The lowest BCUT2D eigenvalue weighted by Gasteiger charge is -2.07. The normalized spacial score (nSPS) is 10.1. The second-order valence-electron chi connectivity index (χ2n) is 3.54. The molecule has 0 aliphatic rings. The number of aromatic nitrogens is 2. The van der Waals surface area contributed by atoms with Crippen molar-refractivity contribution < 1.29 is 9.90 Å². The number of nitrogens with zero attached hydrogens (tertiary/aromatic N) is 2. The van der Waals surface area contributed by atoms with Crippen LogP contribution in [-0.4, -0.2) is 21.0 Å². The Kier molecular flexibility index (Phi) is 3.74. The molecular weight excluding hydrogens is 254 g/mol. The molecule has 0 fully saturated rings. The number of rotatable bonds is 4. The minimum Gasteiger partial charge on any atom is -0.476 e. The zero-order valence-electron chi connectivity index (χ0n) is 9.30. The molecule has 0 amide bonds. The van der Waals surface area contributed by atoms with Crippen LogP contribution in [0.1, 0.15) is 16.1 Å². The molecule has 0 spiro atoms. The second kappa shape index (κ2) is 5.46. The number of carbonyl (C=O) groups is 1. The molecule has 1 aromatic carbocycles. The van der Waals surface area contributed by atoms with Gasteiger partial charge in [-0.1, -0.05) is 29.8 Å². The van der Waals surface area contributed by atoms with Crippen molar-refractivity contribution in [2.24, 2.45) is 0 Å². The maximum atomic E-state index is 10.7. The van der Waals surface area contributed by atoms with Gasteiger partial charge in [0.15, 0.2) is 5.69 Å². The lowest BCUT2D eigenvalue weighted by atomic mass is 10.2. The summed E-state index contributed by atoms with van der Waals surface area (Å²) in [7, 11) is 0. The van der Waals surface area contributed by atoms with Crippen LogP contribution in [0.4, 0.5) is 5.82 Å². The fraction of sp³-hybridized carbons (Fsp3) is 0.0833. The van der Waals surface area contributed by atoms with Crippen molar-refractivity contribution in [3.63, 3.8) is 0 Å². The Balaban J connectivity index is 2.09. The number of hydrogen-bond donors (Lipinski definition) is 2. The molecule has 0 aliphatic heterocycles. The first kappa shape index (κ1) is 12.3. The van der Waals surface area contributed by atoms with Crippen molar-refractivity contribution >= 4 is 23.4 Å². The van der Waals surface area contributed by atoms with Gasteiger partial charge in [0.1, 0.15) is 5.82 Å². The van der Waals surface area contributed by atoms with Crippen LogP contribution in [0.3, 0.4) is 0 Å². The molecule has 2 rings (SSSR count). The molecule has 18 heavy (non-hydrogen) atoms. The highest BCUT2D eigenvalue weighted by atomic mass is 35.5. The summed E-state index contributed by atoms with van der Waals surface area (Å²) < 4.78 is 0. The number of halogens is 1. The number of aromatic carboxylic acids is 1. The lowest BCUT2D eigenvalue weighted by Crippen LogP contribution is -2.07. The Labute approximate surface area is 108 Å². The average molecular weight is 264 g/mol. The van der Waals surface area contributed by atoms with Gasteiger partial charge in [0.2, 0.25) is 0 Å². The molecule has 0 atom stereocenters. The molecule has 1 aromatic heterocycles. The number of anilines is 1. The second-order valence-corrected chi connectivity index (χ2v) is 3.95. The van der Waals surface area contributed by atoms with E-state index >= 15 is 0 Å². The fourth-order valence-electron chi connectivity index (χ4n) is 1.38. The topological polar surface area (TPSA) is 75.1 Å². The molecule has 2 aromatic rings. The van der Waals surface area contributed by atoms with E-state index in [0.717, 1.165) is 5.56 Å². The highest BCUT2D eigenvalue weighted by molar-refractivity contribution is 6.31. The summed E-state index contributed by atoms with van der Waals surface area (Å²) in [5.74, 6) is -0.710. The molecule has 5 nitrogen and oxygen atoms in total. The van der Waals surface area contributed by atoms with E-state index in [0.29, 0.717) is 17.4 Å². The number of nitrogens with one attached hydrogen (secondary N) is 1. The fourth-order valence-corrected chi connectivity index (χ4v) is 1.58. The zero-order chi connectivity index (χ0) is 13.0. The first-order chi connectivity index (χ1) is 8.66. The third kappa shape index (κ3) is 2.95. The van der Waals surface area contributed by atoms with E-state index in [4.69, 9.17) is 16.7 Å². The van der Waals surface area contributed by atoms with E-state index in [1.807, 2.05) is 18.2 Å². The Morgan fingerprint density at radius 1 is 1.33 bits per heavy atom. The Morgan fingerprint density at radius 2 is 2.11 bits per heavy atom. The van der Waals surface area contributed by atoms with Gasteiger partial charge in [0.25, 0.3) is 0 Å². The minimum atomic E-state index is -1.11. The predicted octanol–water partition coefficient (Wildman–Crippen LogP) is 2.44. The van der Waals surface area contributed by atoms with Crippen LogP contribution in [-0.2, 0) is 6.54 Å². The van der Waals surface area contributed by atoms with Crippen molar-refractivity contribution in [2.75, 3.05) is 5.32 Å². The summed E-state index contributed by atoms with van der Waals surface area (Å²) in [6.07, 6.45) is 2.66. The predicted molar refractivity (Wildman–Crippen MR) is 67.8 cm³/mol. The summed E-state index contributed by atoms with van der Waals surface area (Å²) in [6.45, 7) is 0.456. The first-order valence-corrected chi connectivity index (χ1v) is 5.57. The lowest BCUT2D eigenvalue weighted by molar-refractivity contribution is 0.0690. The summed E-state index contributed by atoms with van der Waals surface area (Å²) in [4.78, 5) is 18.4. The van der Waals surface area contributed by atoms with Gasteiger partial charge in [-0.25, -0.2) is 9.78 Å². The minimum absolute atomic E-state index is 0.0980.